The lowest BCUT2D eigenvalue weighted by Crippen LogP contribution is -2.43. The van der Waals surface area contributed by atoms with Gasteiger partial charge in [0.15, 0.2) is 6.23 Å². The van der Waals surface area contributed by atoms with Gasteiger partial charge < -0.3 is 9.57 Å². The second kappa shape index (κ2) is 5.34. The van der Waals surface area contributed by atoms with Gasteiger partial charge in [-0.25, -0.2) is 21.3 Å². The predicted molar refractivity (Wildman–Crippen MR) is 47.3 cm³/mol. The monoisotopic (exact) mass is 219 g/mol. The highest BCUT2D eigenvalue weighted by atomic mass is 16.8. The zero-order valence-corrected chi connectivity index (χ0v) is 7.93. The van der Waals surface area contributed by atoms with Crippen molar-refractivity contribution in [3.8, 4) is 0 Å². The molecule has 9 nitrogen and oxygen atoms in total. The predicted octanol–water partition coefficient (Wildman–Crippen LogP) is -1.48. The molecular weight excluding hydrogens is 206 g/mol. The number of amides is 2. The first-order valence-electron chi connectivity index (χ1n) is 4.29. The summed E-state index contributed by atoms with van der Waals surface area (Å²) in [6, 6.07) is 0. The van der Waals surface area contributed by atoms with Gasteiger partial charge in [0.25, 0.3) is 0 Å². The molecule has 0 aromatic rings. The Hall–Kier alpha value is -1.58. The fourth-order valence-corrected chi connectivity index (χ4v) is 1.22. The Morgan fingerprint density at radius 3 is 2.53 bits per heavy atom. The van der Waals surface area contributed by atoms with Gasteiger partial charge in [0.05, 0.1) is 0 Å². The topological polar surface area (TPSA) is 132 Å². The molecular formula is C6H13N5O4. The van der Waals surface area contributed by atoms with Crippen molar-refractivity contribution in [2.75, 3.05) is 6.54 Å². The van der Waals surface area contributed by atoms with E-state index in [1.54, 1.807) is 5.43 Å². The van der Waals surface area contributed by atoms with Gasteiger partial charge in [-0.05, 0) is 6.42 Å². The summed E-state index contributed by atoms with van der Waals surface area (Å²) in [5.74, 6) is 9.67. The number of nitrogens with zero attached hydrogens (tertiary/aromatic N) is 1. The van der Waals surface area contributed by atoms with E-state index in [1.165, 1.54) is 5.06 Å². The molecule has 0 radical (unpaired) electrons. The lowest BCUT2D eigenvalue weighted by Gasteiger charge is -2.21. The number of rotatable bonds is 2. The SMILES string of the molecule is NNC(=O)O[C@@H]1CCCN1OC(=O)NN. The van der Waals surface area contributed by atoms with Crippen molar-refractivity contribution >= 4 is 12.2 Å². The summed E-state index contributed by atoms with van der Waals surface area (Å²) in [7, 11) is 0. The van der Waals surface area contributed by atoms with E-state index < -0.39 is 18.4 Å². The van der Waals surface area contributed by atoms with Crippen molar-refractivity contribution in [1.82, 2.24) is 15.9 Å². The van der Waals surface area contributed by atoms with Gasteiger partial charge in [-0.3, -0.25) is 10.9 Å². The van der Waals surface area contributed by atoms with Gasteiger partial charge in [0.2, 0.25) is 0 Å². The Kier molecular flexibility index (Phi) is 4.09. The molecule has 1 rings (SSSR count). The Labute approximate surface area is 85.5 Å². The smallest absolute Gasteiger partial charge is 0.426 e. The molecule has 1 aliphatic heterocycles. The largest absolute Gasteiger partial charge is 0.440 e. The first-order chi connectivity index (χ1) is 7.17. The van der Waals surface area contributed by atoms with E-state index in [0.29, 0.717) is 13.0 Å². The number of ether oxygens (including phenoxy) is 1. The van der Waals surface area contributed by atoms with E-state index in [-0.39, 0.29) is 0 Å². The van der Waals surface area contributed by atoms with Crippen LogP contribution in [0.2, 0.25) is 0 Å². The first-order valence-corrected chi connectivity index (χ1v) is 4.29. The van der Waals surface area contributed by atoms with E-state index in [4.69, 9.17) is 21.3 Å². The number of hydroxylamine groups is 2. The Balaban J connectivity index is 2.42. The number of hydrogen-bond acceptors (Lipinski definition) is 7. The third-order valence-electron chi connectivity index (χ3n) is 1.83. The van der Waals surface area contributed by atoms with Crippen LogP contribution in [0, 0.1) is 0 Å². The second-order valence-corrected chi connectivity index (χ2v) is 2.81. The minimum atomic E-state index is -0.821. The summed E-state index contributed by atoms with van der Waals surface area (Å²) < 4.78 is 4.82. The van der Waals surface area contributed by atoms with Crippen LogP contribution in [0.15, 0.2) is 0 Å². The molecule has 6 N–H and O–H groups in total. The molecule has 1 saturated heterocycles. The lowest BCUT2D eigenvalue weighted by molar-refractivity contribution is -0.172. The van der Waals surface area contributed by atoms with Gasteiger partial charge in [0, 0.05) is 13.0 Å². The van der Waals surface area contributed by atoms with Crippen molar-refractivity contribution in [3.05, 3.63) is 0 Å². The molecule has 0 spiro atoms. The van der Waals surface area contributed by atoms with Crippen LogP contribution in [0.4, 0.5) is 9.59 Å². The molecule has 1 atom stereocenters. The molecule has 15 heavy (non-hydrogen) atoms. The highest BCUT2D eigenvalue weighted by Crippen LogP contribution is 2.18. The molecule has 1 aliphatic rings. The van der Waals surface area contributed by atoms with E-state index in [2.05, 4.69) is 0 Å². The Bertz CT molecular complexity index is 224. The average Bonchev–Trinajstić information content (AvgIpc) is 2.65. The highest BCUT2D eigenvalue weighted by Gasteiger charge is 2.30. The summed E-state index contributed by atoms with van der Waals surface area (Å²) in [5.41, 5.74) is 3.61. The molecule has 0 aliphatic carbocycles. The van der Waals surface area contributed by atoms with Crippen LogP contribution >= 0.6 is 0 Å². The van der Waals surface area contributed by atoms with Crippen LogP contribution in [0.1, 0.15) is 12.8 Å². The number of hydrazine groups is 2. The molecule has 2 amide bonds. The molecule has 1 fully saturated rings. The summed E-state index contributed by atoms with van der Waals surface area (Å²) >= 11 is 0. The van der Waals surface area contributed by atoms with Crippen LogP contribution in [-0.4, -0.2) is 30.0 Å². The molecule has 0 unspecified atom stereocenters. The van der Waals surface area contributed by atoms with Crippen molar-refractivity contribution in [3.63, 3.8) is 0 Å². The maximum absolute atomic E-state index is 10.8. The standard InChI is InChI=1S/C6H13N5O4/c7-9-5(12)14-4-2-1-3-11(4)15-6(13)10-8/h4H,1-3,7-8H2,(H,9,12)(H,10,13)/t4-/m1/s1. The van der Waals surface area contributed by atoms with E-state index >= 15 is 0 Å². The van der Waals surface area contributed by atoms with E-state index in [0.717, 1.165) is 6.42 Å². The third-order valence-corrected chi connectivity index (χ3v) is 1.83. The summed E-state index contributed by atoms with van der Waals surface area (Å²) in [6.45, 7) is 0.468. The van der Waals surface area contributed by atoms with E-state index in [9.17, 15) is 9.59 Å². The van der Waals surface area contributed by atoms with Crippen molar-refractivity contribution in [1.29, 1.82) is 0 Å². The Morgan fingerprint density at radius 1 is 1.27 bits per heavy atom. The molecule has 0 aromatic carbocycles. The van der Waals surface area contributed by atoms with Crippen LogP contribution < -0.4 is 22.5 Å². The quantitative estimate of drug-likeness (QED) is 0.253. The summed E-state index contributed by atoms with van der Waals surface area (Å²) in [6.07, 6.45) is -0.945. The van der Waals surface area contributed by atoms with E-state index in [1.807, 2.05) is 5.43 Å². The molecule has 0 bridgehead atoms. The molecule has 9 heteroatoms. The highest BCUT2D eigenvalue weighted by molar-refractivity contribution is 5.67. The zero-order valence-electron chi connectivity index (χ0n) is 7.93. The minimum absolute atomic E-state index is 0.468. The number of nitrogens with two attached hydrogens (primary N) is 2. The minimum Gasteiger partial charge on any atom is -0.426 e. The van der Waals surface area contributed by atoms with Gasteiger partial charge in [-0.1, -0.05) is 5.06 Å². The first kappa shape index (κ1) is 11.5. The van der Waals surface area contributed by atoms with Crippen LogP contribution in [0.3, 0.4) is 0 Å². The number of carbonyl (C=O) groups excluding carboxylic acids is 2. The van der Waals surface area contributed by atoms with Crippen molar-refractivity contribution < 1.29 is 19.2 Å². The third kappa shape index (κ3) is 3.23. The normalized spacial score (nSPS) is 20.8. The van der Waals surface area contributed by atoms with Crippen LogP contribution in [-0.2, 0) is 9.57 Å². The molecule has 1 heterocycles. The Morgan fingerprint density at radius 2 is 1.93 bits per heavy atom. The van der Waals surface area contributed by atoms with Crippen LogP contribution in [0.5, 0.6) is 0 Å². The lowest BCUT2D eigenvalue weighted by atomic mass is 10.4. The number of carbonyl (C=O) groups is 2. The number of nitrogens with one attached hydrogen (secondary N) is 2. The van der Waals surface area contributed by atoms with Crippen molar-refractivity contribution in [2.24, 2.45) is 11.7 Å². The maximum Gasteiger partial charge on any atom is 0.440 e. The average molecular weight is 219 g/mol. The van der Waals surface area contributed by atoms with Crippen LogP contribution in [0.25, 0.3) is 0 Å². The van der Waals surface area contributed by atoms with Gasteiger partial charge >= 0.3 is 12.2 Å². The molecule has 0 aromatic heterocycles. The maximum atomic E-state index is 10.8. The fraction of sp³-hybridized carbons (Fsp3) is 0.667. The van der Waals surface area contributed by atoms with Gasteiger partial charge in [0.1, 0.15) is 0 Å². The summed E-state index contributed by atoms with van der Waals surface area (Å²) in [5, 5.41) is 1.22. The second-order valence-electron chi connectivity index (χ2n) is 2.81. The van der Waals surface area contributed by atoms with Crippen molar-refractivity contribution in [2.45, 2.75) is 19.1 Å². The van der Waals surface area contributed by atoms with Gasteiger partial charge in [-0.2, -0.15) is 0 Å². The van der Waals surface area contributed by atoms with Gasteiger partial charge in [-0.15, -0.1) is 0 Å². The number of hydrogen-bond donors (Lipinski definition) is 4. The summed E-state index contributed by atoms with van der Waals surface area (Å²) in [4.78, 5) is 26.3. The molecule has 0 saturated carbocycles. The fourth-order valence-electron chi connectivity index (χ4n) is 1.22. The zero-order chi connectivity index (χ0) is 11.3. The molecule has 86 valence electrons.